The maximum atomic E-state index is 9.10. The van der Waals surface area contributed by atoms with Crippen LogP contribution in [0, 0.1) is 0 Å². The van der Waals surface area contributed by atoms with Crippen molar-refractivity contribution in [2.75, 3.05) is 0 Å². The van der Waals surface area contributed by atoms with E-state index in [9.17, 15) is 0 Å². The topological polar surface area (TPSA) is 33.1 Å². The minimum Gasteiger partial charge on any atom is -0.392 e. The van der Waals surface area contributed by atoms with Gasteiger partial charge in [-0.15, -0.1) is 11.3 Å². The fraction of sp³-hybridized carbons (Fsp3) is 0.0714. The van der Waals surface area contributed by atoms with Crippen LogP contribution in [0.15, 0.2) is 48.5 Å². The van der Waals surface area contributed by atoms with Crippen LogP contribution in [-0.4, -0.2) is 10.1 Å². The van der Waals surface area contributed by atoms with Crippen molar-refractivity contribution < 1.29 is 5.11 Å². The number of aliphatic hydroxyl groups excluding tert-OH is 1. The van der Waals surface area contributed by atoms with Crippen molar-refractivity contribution in [3.63, 3.8) is 0 Å². The van der Waals surface area contributed by atoms with Crippen LogP contribution >= 0.6 is 11.3 Å². The maximum Gasteiger partial charge on any atom is 0.124 e. The lowest BCUT2D eigenvalue weighted by Crippen LogP contribution is -1.81. The highest BCUT2D eigenvalue weighted by Gasteiger charge is 2.06. The summed E-state index contributed by atoms with van der Waals surface area (Å²) in [5.41, 5.74) is 3.00. The van der Waals surface area contributed by atoms with Crippen LogP contribution in [0.1, 0.15) is 5.56 Å². The lowest BCUT2D eigenvalue weighted by molar-refractivity contribution is 0.282. The van der Waals surface area contributed by atoms with Crippen molar-refractivity contribution in [3.05, 3.63) is 54.1 Å². The zero-order chi connectivity index (χ0) is 11.7. The summed E-state index contributed by atoms with van der Waals surface area (Å²) in [6, 6.07) is 16.1. The molecular weight excluding hydrogens is 230 g/mol. The van der Waals surface area contributed by atoms with Crippen LogP contribution in [0.2, 0.25) is 0 Å². The predicted molar refractivity (Wildman–Crippen MR) is 71.0 cm³/mol. The van der Waals surface area contributed by atoms with Gasteiger partial charge in [0.25, 0.3) is 0 Å². The molecule has 0 saturated carbocycles. The molecule has 0 amide bonds. The number of thiazole rings is 1. The first-order valence-electron chi connectivity index (χ1n) is 5.42. The molecule has 0 unspecified atom stereocenters. The molecule has 3 rings (SSSR count). The molecule has 1 heterocycles. The number of nitrogens with zero attached hydrogens (tertiary/aromatic N) is 1. The summed E-state index contributed by atoms with van der Waals surface area (Å²) in [5.74, 6) is 0. The Hall–Kier alpha value is -1.71. The van der Waals surface area contributed by atoms with E-state index in [2.05, 4.69) is 17.1 Å². The first kappa shape index (κ1) is 10.4. The smallest absolute Gasteiger partial charge is 0.124 e. The van der Waals surface area contributed by atoms with Crippen LogP contribution in [0.25, 0.3) is 20.8 Å². The minimum absolute atomic E-state index is 0.0636. The third kappa shape index (κ3) is 1.95. The van der Waals surface area contributed by atoms with Crippen molar-refractivity contribution in [3.8, 4) is 10.6 Å². The van der Waals surface area contributed by atoms with E-state index in [0.717, 1.165) is 26.4 Å². The summed E-state index contributed by atoms with van der Waals surface area (Å²) in [6.45, 7) is 0.0636. The van der Waals surface area contributed by atoms with Crippen LogP contribution < -0.4 is 0 Å². The Bertz CT molecular complexity index is 646. The van der Waals surface area contributed by atoms with Gasteiger partial charge in [-0.25, -0.2) is 4.98 Å². The number of benzene rings is 2. The first-order chi connectivity index (χ1) is 8.36. The van der Waals surface area contributed by atoms with Crippen molar-refractivity contribution in [2.45, 2.75) is 6.61 Å². The summed E-state index contributed by atoms with van der Waals surface area (Å²) < 4.78 is 1.15. The molecule has 0 fully saturated rings. The quantitative estimate of drug-likeness (QED) is 0.745. The number of aromatic nitrogens is 1. The van der Waals surface area contributed by atoms with Gasteiger partial charge in [0.2, 0.25) is 0 Å². The monoisotopic (exact) mass is 241 g/mol. The summed E-state index contributed by atoms with van der Waals surface area (Å²) in [4.78, 5) is 4.60. The molecule has 0 aliphatic heterocycles. The lowest BCUT2D eigenvalue weighted by atomic mass is 10.2. The van der Waals surface area contributed by atoms with E-state index in [1.54, 1.807) is 11.3 Å². The molecule has 0 aliphatic carbocycles. The maximum absolute atomic E-state index is 9.10. The normalized spacial score (nSPS) is 10.9. The molecule has 0 radical (unpaired) electrons. The average molecular weight is 241 g/mol. The minimum atomic E-state index is 0.0636. The van der Waals surface area contributed by atoms with Gasteiger partial charge in [-0.1, -0.05) is 36.4 Å². The zero-order valence-electron chi connectivity index (χ0n) is 9.13. The van der Waals surface area contributed by atoms with E-state index in [0.29, 0.717) is 0 Å². The second-order valence-corrected chi connectivity index (χ2v) is 4.88. The zero-order valence-corrected chi connectivity index (χ0v) is 9.95. The van der Waals surface area contributed by atoms with E-state index in [1.165, 1.54) is 0 Å². The highest BCUT2D eigenvalue weighted by molar-refractivity contribution is 7.21. The van der Waals surface area contributed by atoms with Gasteiger partial charge in [0.1, 0.15) is 5.01 Å². The molecule has 1 aromatic heterocycles. The largest absolute Gasteiger partial charge is 0.392 e. The van der Waals surface area contributed by atoms with E-state index < -0.39 is 0 Å². The van der Waals surface area contributed by atoms with Crippen molar-refractivity contribution in [2.24, 2.45) is 0 Å². The van der Waals surface area contributed by atoms with E-state index in [-0.39, 0.29) is 6.61 Å². The summed E-state index contributed by atoms with van der Waals surface area (Å²) >= 11 is 1.68. The molecular formula is C14H11NOS. The van der Waals surface area contributed by atoms with Crippen molar-refractivity contribution >= 4 is 21.6 Å². The first-order valence-corrected chi connectivity index (χ1v) is 6.24. The molecule has 3 aromatic rings. The van der Waals surface area contributed by atoms with Gasteiger partial charge in [-0.2, -0.15) is 0 Å². The van der Waals surface area contributed by atoms with Gasteiger partial charge in [0.15, 0.2) is 0 Å². The second-order valence-electron chi connectivity index (χ2n) is 3.85. The Kier molecular flexibility index (Phi) is 2.63. The van der Waals surface area contributed by atoms with E-state index in [4.69, 9.17) is 5.11 Å². The van der Waals surface area contributed by atoms with Crippen molar-refractivity contribution in [1.29, 1.82) is 0 Å². The molecule has 2 aromatic carbocycles. The third-order valence-electron chi connectivity index (χ3n) is 2.66. The van der Waals surface area contributed by atoms with E-state index in [1.807, 2.05) is 36.4 Å². The number of aliphatic hydroxyl groups is 1. The van der Waals surface area contributed by atoms with Gasteiger partial charge in [-0.05, 0) is 17.7 Å². The fourth-order valence-electron chi connectivity index (χ4n) is 1.78. The van der Waals surface area contributed by atoms with Gasteiger partial charge in [0.05, 0.1) is 16.8 Å². The van der Waals surface area contributed by atoms with Crippen LogP contribution in [0.5, 0.6) is 0 Å². The summed E-state index contributed by atoms with van der Waals surface area (Å²) in [7, 11) is 0. The number of hydrogen-bond donors (Lipinski definition) is 1. The molecule has 3 heteroatoms. The molecule has 0 bridgehead atoms. The Labute approximate surface area is 103 Å². The van der Waals surface area contributed by atoms with Gasteiger partial charge >= 0.3 is 0 Å². The molecule has 2 nitrogen and oxygen atoms in total. The summed E-state index contributed by atoms with van der Waals surface area (Å²) in [5, 5.41) is 10.1. The number of rotatable bonds is 2. The SMILES string of the molecule is OCc1ccc2sc(-c3ccccc3)nc2c1. The number of hydrogen-bond acceptors (Lipinski definition) is 3. The van der Waals surface area contributed by atoms with Crippen LogP contribution in [0.4, 0.5) is 0 Å². The fourth-order valence-corrected chi connectivity index (χ4v) is 2.73. The molecule has 17 heavy (non-hydrogen) atoms. The molecule has 0 aliphatic rings. The average Bonchev–Trinajstić information content (AvgIpc) is 2.82. The predicted octanol–water partition coefficient (Wildman–Crippen LogP) is 3.46. The summed E-state index contributed by atoms with van der Waals surface area (Å²) in [6.07, 6.45) is 0. The Morgan fingerprint density at radius 1 is 1.06 bits per heavy atom. The highest BCUT2D eigenvalue weighted by atomic mass is 32.1. The Balaban J connectivity index is 2.14. The Morgan fingerprint density at radius 3 is 2.65 bits per heavy atom. The van der Waals surface area contributed by atoms with Gasteiger partial charge in [-0.3, -0.25) is 0 Å². The Morgan fingerprint density at radius 2 is 1.88 bits per heavy atom. The molecule has 0 atom stereocenters. The van der Waals surface area contributed by atoms with Gasteiger partial charge in [0, 0.05) is 5.56 Å². The van der Waals surface area contributed by atoms with Crippen LogP contribution in [0.3, 0.4) is 0 Å². The second kappa shape index (κ2) is 4.28. The highest BCUT2D eigenvalue weighted by Crippen LogP contribution is 2.30. The lowest BCUT2D eigenvalue weighted by Gasteiger charge is -1.93. The molecule has 0 saturated heterocycles. The molecule has 84 valence electrons. The standard InChI is InChI=1S/C14H11NOS/c16-9-10-6-7-13-12(8-10)15-14(17-13)11-4-2-1-3-5-11/h1-8,16H,9H2. The van der Waals surface area contributed by atoms with Gasteiger partial charge < -0.3 is 5.11 Å². The van der Waals surface area contributed by atoms with Crippen LogP contribution in [-0.2, 0) is 6.61 Å². The van der Waals surface area contributed by atoms with Crippen molar-refractivity contribution in [1.82, 2.24) is 4.98 Å². The third-order valence-corrected chi connectivity index (χ3v) is 3.74. The molecule has 0 spiro atoms. The number of fused-ring (bicyclic) bond motifs is 1. The van der Waals surface area contributed by atoms with E-state index >= 15 is 0 Å². The molecule has 1 N–H and O–H groups in total.